The molecular formula is C19H19NO. The molecule has 0 fully saturated rings. The Hall–Kier alpha value is -2.48. The molecule has 2 nitrogen and oxygen atoms in total. The van der Waals surface area contributed by atoms with Crippen molar-refractivity contribution in [3.8, 4) is 5.75 Å². The highest BCUT2D eigenvalue weighted by atomic mass is 16.3. The van der Waals surface area contributed by atoms with Gasteiger partial charge < -0.3 is 10.4 Å². The molecule has 0 unspecified atom stereocenters. The van der Waals surface area contributed by atoms with E-state index in [-0.39, 0.29) is 0 Å². The van der Waals surface area contributed by atoms with E-state index in [4.69, 9.17) is 0 Å². The van der Waals surface area contributed by atoms with Gasteiger partial charge in [0.15, 0.2) is 0 Å². The first kappa shape index (κ1) is 13.5. The highest BCUT2D eigenvalue weighted by Crippen LogP contribution is 2.25. The molecule has 0 aliphatic heterocycles. The van der Waals surface area contributed by atoms with Gasteiger partial charge in [0.25, 0.3) is 0 Å². The molecule has 0 aliphatic rings. The second-order valence-corrected chi connectivity index (χ2v) is 5.24. The molecule has 3 rings (SSSR count). The highest BCUT2D eigenvalue weighted by molar-refractivity contribution is 5.83. The minimum absolute atomic E-state index is 0.299. The van der Waals surface area contributed by atoms with E-state index in [1.54, 1.807) is 6.07 Å². The van der Waals surface area contributed by atoms with Crippen LogP contribution in [-0.4, -0.2) is 5.11 Å². The molecule has 0 amide bonds. The molecule has 0 saturated carbocycles. The molecule has 0 bridgehead atoms. The summed E-state index contributed by atoms with van der Waals surface area (Å²) < 4.78 is 0. The predicted molar refractivity (Wildman–Crippen MR) is 88.8 cm³/mol. The summed E-state index contributed by atoms with van der Waals surface area (Å²) in [7, 11) is 0. The average molecular weight is 277 g/mol. The summed E-state index contributed by atoms with van der Waals surface area (Å²) in [5.41, 5.74) is 3.21. The lowest BCUT2D eigenvalue weighted by Gasteiger charge is -2.10. The SMILES string of the molecule is CCc1ccc(O)c(NCc2ccc3ccccc3c2)c1. The zero-order valence-electron chi connectivity index (χ0n) is 12.1. The molecule has 2 N–H and O–H groups in total. The highest BCUT2D eigenvalue weighted by Gasteiger charge is 2.02. The van der Waals surface area contributed by atoms with Crippen LogP contribution in [0, 0.1) is 0 Å². The van der Waals surface area contributed by atoms with Crippen molar-refractivity contribution in [1.82, 2.24) is 0 Å². The number of phenols is 1. The maximum atomic E-state index is 9.92. The Morgan fingerprint density at radius 3 is 2.43 bits per heavy atom. The topological polar surface area (TPSA) is 32.3 Å². The molecule has 0 aliphatic carbocycles. The van der Waals surface area contributed by atoms with Crippen LogP contribution in [0.15, 0.2) is 60.7 Å². The van der Waals surface area contributed by atoms with Crippen molar-refractivity contribution in [2.45, 2.75) is 19.9 Å². The third-order valence-corrected chi connectivity index (χ3v) is 3.77. The largest absolute Gasteiger partial charge is 0.506 e. The summed E-state index contributed by atoms with van der Waals surface area (Å²) in [4.78, 5) is 0. The lowest BCUT2D eigenvalue weighted by molar-refractivity contribution is 0.477. The fourth-order valence-corrected chi connectivity index (χ4v) is 2.49. The Morgan fingerprint density at radius 2 is 1.62 bits per heavy atom. The van der Waals surface area contributed by atoms with Gasteiger partial charge in [-0.3, -0.25) is 0 Å². The molecule has 0 saturated heterocycles. The van der Waals surface area contributed by atoms with Crippen molar-refractivity contribution in [2.75, 3.05) is 5.32 Å². The fraction of sp³-hybridized carbons (Fsp3) is 0.158. The molecule has 0 radical (unpaired) electrons. The zero-order valence-corrected chi connectivity index (χ0v) is 12.1. The van der Waals surface area contributed by atoms with Crippen molar-refractivity contribution in [3.05, 3.63) is 71.8 Å². The van der Waals surface area contributed by atoms with Crippen LogP contribution in [0.25, 0.3) is 10.8 Å². The van der Waals surface area contributed by atoms with Crippen molar-refractivity contribution < 1.29 is 5.11 Å². The Labute approximate surface area is 125 Å². The second-order valence-electron chi connectivity index (χ2n) is 5.24. The first-order valence-electron chi connectivity index (χ1n) is 7.29. The quantitative estimate of drug-likeness (QED) is 0.676. The Balaban J connectivity index is 1.80. The van der Waals surface area contributed by atoms with E-state index in [0.29, 0.717) is 12.3 Å². The third kappa shape index (κ3) is 3.00. The first-order chi connectivity index (χ1) is 10.3. The monoisotopic (exact) mass is 277 g/mol. The van der Waals surface area contributed by atoms with Crippen molar-refractivity contribution >= 4 is 16.5 Å². The van der Waals surface area contributed by atoms with E-state index in [1.165, 1.54) is 21.9 Å². The Bertz CT molecular complexity index is 764. The molecule has 21 heavy (non-hydrogen) atoms. The van der Waals surface area contributed by atoms with Gasteiger partial charge in [-0.05, 0) is 46.5 Å². The van der Waals surface area contributed by atoms with Crippen LogP contribution in [0.4, 0.5) is 5.69 Å². The smallest absolute Gasteiger partial charge is 0.138 e. The number of nitrogens with one attached hydrogen (secondary N) is 1. The summed E-state index contributed by atoms with van der Waals surface area (Å²) in [5, 5.41) is 15.7. The van der Waals surface area contributed by atoms with E-state index >= 15 is 0 Å². The van der Waals surface area contributed by atoms with E-state index in [9.17, 15) is 5.11 Å². The molecule has 0 atom stereocenters. The maximum absolute atomic E-state index is 9.92. The van der Waals surface area contributed by atoms with Gasteiger partial charge in [-0.1, -0.05) is 49.4 Å². The van der Waals surface area contributed by atoms with E-state index in [1.807, 2.05) is 12.1 Å². The van der Waals surface area contributed by atoms with Gasteiger partial charge in [0, 0.05) is 6.54 Å². The number of benzene rings is 3. The first-order valence-corrected chi connectivity index (χ1v) is 7.29. The summed E-state index contributed by atoms with van der Waals surface area (Å²) in [6, 6.07) is 20.5. The number of anilines is 1. The van der Waals surface area contributed by atoms with Crippen LogP contribution >= 0.6 is 0 Å². The lowest BCUT2D eigenvalue weighted by Crippen LogP contribution is -2.00. The maximum Gasteiger partial charge on any atom is 0.138 e. The summed E-state index contributed by atoms with van der Waals surface area (Å²) >= 11 is 0. The van der Waals surface area contributed by atoms with Crippen LogP contribution in [-0.2, 0) is 13.0 Å². The number of phenolic OH excluding ortho intramolecular Hbond substituents is 1. The van der Waals surface area contributed by atoms with Gasteiger partial charge in [0.2, 0.25) is 0 Å². The van der Waals surface area contributed by atoms with Crippen LogP contribution in [0.1, 0.15) is 18.1 Å². The lowest BCUT2D eigenvalue weighted by atomic mass is 10.1. The Morgan fingerprint density at radius 1 is 0.857 bits per heavy atom. The standard InChI is InChI=1S/C19H19NO/c1-2-14-8-10-19(21)18(12-14)20-13-15-7-9-16-5-3-4-6-17(16)11-15/h3-12,20-21H,2,13H2,1H3. The van der Waals surface area contributed by atoms with E-state index in [2.05, 4.69) is 54.7 Å². The fourth-order valence-electron chi connectivity index (χ4n) is 2.49. The van der Waals surface area contributed by atoms with Crippen LogP contribution in [0.3, 0.4) is 0 Å². The van der Waals surface area contributed by atoms with Gasteiger partial charge in [0.1, 0.15) is 5.75 Å². The number of rotatable bonds is 4. The molecule has 0 aromatic heterocycles. The van der Waals surface area contributed by atoms with Gasteiger partial charge in [-0.25, -0.2) is 0 Å². The molecule has 0 heterocycles. The number of aromatic hydroxyl groups is 1. The van der Waals surface area contributed by atoms with Crippen molar-refractivity contribution in [2.24, 2.45) is 0 Å². The van der Waals surface area contributed by atoms with Gasteiger partial charge >= 0.3 is 0 Å². The average Bonchev–Trinajstić information content (AvgIpc) is 2.54. The van der Waals surface area contributed by atoms with E-state index < -0.39 is 0 Å². The summed E-state index contributed by atoms with van der Waals surface area (Å²) in [6.45, 7) is 2.81. The number of aryl methyl sites for hydroxylation is 1. The third-order valence-electron chi connectivity index (χ3n) is 3.77. The van der Waals surface area contributed by atoms with Gasteiger partial charge in [0.05, 0.1) is 5.69 Å². The van der Waals surface area contributed by atoms with Crippen molar-refractivity contribution in [1.29, 1.82) is 0 Å². The number of fused-ring (bicyclic) bond motifs is 1. The normalized spacial score (nSPS) is 10.7. The van der Waals surface area contributed by atoms with Crippen molar-refractivity contribution in [3.63, 3.8) is 0 Å². The molecule has 2 heteroatoms. The molecule has 3 aromatic rings. The molecule has 0 spiro atoms. The molecular weight excluding hydrogens is 258 g/mol. The zero-order chi connectivity index (χ0) is 14.7. The van der Waals surface area contributed by atoms with E-state index in [0.717, 1.165) is 12.1 Å². The van der Waals surface area contributed by atoms with Crippen LogP contribution < -0.4 is 5.32 Å². The molecule has 106 valence electrons. The molecule has 3 aromatic carbocycles. The number of hydrogen-bond donors (Lipinski definition) is 2. The minimum atomic E-state index is 0.299. The second kappa shape index (κ2) is 5.88. The van der Waals surface area contributed by atoms with Crippen LogP contribution in [0.2, 0.25) is 0 Å². The minimum Gasteiger partial charge on any atom is -0.506 e. The van der Waals surface area contributed by atoms with Crippen LogP contribution in [0.5, 0.6) is 5.75 Å². The number of hydrogen-bond acceptors (Lipinski definition) is 2. The van der Waals surface area contributed by atoms with Gasteiger partial charge in [-0.2, -0.15) is 0 Å². The summed E-state index contributed by atoms with van der Waals surface area (Å²) in [5.74, 6) is 0.299. The van der Waals surface area contributed by atoms with Gasteiger partial charge in [-0.15, -0.1) is 0 Å². The summed E-state index contributed by atoms with van der Waals surface area (Å²) in [6.07, 6.45) is 0.963. The Kier molecular flexibility index (Phi) is 3.78. The predicted octanol–water partition coefficient (Wildman–Crippen LogP) is 4.72.